The summed E-state index contributed by atoms with van der Waals surface area (Å²) in [5.41, 5.74) is 2.23. The minimum absolute atomic E-state index is 0.0111. The fraction of sp³-hybridized carbons (Fsp3) is 0.542. The Morgan fingerprint density at radius 3 is 2.67 bits per heavy atom. The summed E-state index contributed by atoms with van der Waals surface area (Å²) in [5.74, 6) is 1.04. The van der Waals surface area contributed by atoms with Crippen molar-refractivity contribution in [3.63, 3.8) is 0 Å². The molecule has 0 radical (unpaired) electrons. The molecule has 0 unspecified atom stereocenters. The van der Waals surface area contributed by atoms with E-state index in [2.05, 4.69) is 36.4 Å². The normalized spacial score (nSPS) is 26.7. The largest absolute Gasteiger partial charge is 0.352 e. The van der Waals surface area contributed by atoms with Crippen LogP contribution in [0.25, 0.3) is 0 Å². The van der Waals surface area contributed by atoms with Gasteiger partial charge in [-0.1, -0.05) is 51.0 Å². The van der Waals surface area contributed by atoms with E-state index in [1.807, 2.05) is 34.0 Å². The van der Waals surface area contributed by atoms with Gasteiger partial charge in [0.05, 0.1) is 12.5 Å². The number of nitrogens with one attached hydrogen (secondary N) is 1. The molecule has 0 bridgehead atoms. The van der Waals surface area contributed by atoms with Crippen molar-refractivity contribution < 1.29 is 9.59 Å². The standard InChI is InChI=1S/C24H32N4O2/c1-17-5-3-6-22(18(17)2)28-16-21(13-23(28)29)24(30)25-14-19-7-9-20(10-8-19)15-27-12-4-11-26-27/h4,7-12,17-18,21-22H,3,5-6,13-16H2,1-2H3,(H,25,30)/t17-,18-,21-,22+/m1/s1. The Morgan fingerprint density at radius 2 is 1.93 bits per heavy atom. The smallest absolute Gasteiger partial charge is 0.225 e. The molecule has 2 aliphatic rings. The molecule has 1 saturated carbocycles. The van der Waals surface area contributed by atoms with Crippen LogP contribution in [0.5, 0.6) is 0 Å². The lowest BCUT2D eigenvalue weighted by molar-refractivity contribution is -0.132. The van der Waals surface area contributed by atoms with Crippen LogP contribution in [0.2, 0.25) is 0 Å². The van der Waals surface area contributed by atoms with Crippen molar-refractivity contribution in [2.24, 2.45) is 17.8 Å². The first-order chi connectivity index (χ1) is 14.5. The van der Waals surface area contributed by atoms with Gasteiger partial charge in [0.25, 0.3) is 0 Å². The molecule has 2 aromatic rings. The zero-order valence-corrected chi connectivity index (χ0v) is 18.0. The molecule has 1 aromatic carbocycles. The highest BCUT2D eigenvalue weighted by molar-refractivity contribution is 5.89. The Balaban J connectivity index is 1.28. The van der Waals surface area contributed by atoms with Gasteiger partial charge in [0.15, 0.2) is 0 Å². The van der Waals surface area contributed by atoms with Crippen LogP contribution in [0.15, 0.2) is 42.7 Å². The summed E-state index contributed by atoms with van der Waals surface area (Å²) in [7, 11) is 0. The monoisotopic (exact) mass is 408 g/mol. The second-order valence-electron chi connectivity index (χ2n) is 9.02. The van der Waals surface area contributed by atoms with Gasteiger partial charge in [-0.15, -0.1) is 0 Å². The van der Waals surface area contributed by atoms with Crippen LogP contribution in [-0.4, -0.2) is 39.1 Å². The van der Waals surface area contributed by atoms with Gasteiger partial charge >= 0.3 is 0 Å². The van der Waals surface area contributed by atoms with Crippen molar-refractivity contribution in [2.45, 2.75) is 58.7 Å². The fourth-order valence-corrected chi connectivity index (χ4v) is 4.90. The molecule has 2 heterocycles. The van der Waals surface area contributed by atoms with Gasteiger partial charge in [0.2, 0.25) is 11.8 Å². The Bertz CT molecular complexity index is 862. The molecule has 0 spiro atoms. The lowest BCUT2D eigenvalue weighted by atomic mass is 9.77. The summed E-state index contributed by atoms with van der Waals surface area (Å²) in [5, 5.41) is 7.25. The van der Waals surface area contributed by atoms with Crippen LogP contribution in [0, 0.1) is 17.8 Å². The quantitative estimate of drug-likeness (QED) is 0.798. The Kier molecular flexibility index (Phi) is 6.21. The van der Waals surface area contributed by atoms with Gasteiger partial charge in [-0.2, -0.15) is 5.10 Å². The third-order valence-corrected chi connectivity index (χ3v) is 6.99. The van der Waals surface area contributed by atoms with Crippen molar-refractivity contribution in [1.29, 1.82) is 0 Å². The number of aromatic nitrogens is 2. The Morgan fingerprint density at radius 1 is 1.17 bits per heavy atom. The predicted octanol–water partition coefficient (Wildman–Crippen LogP) is 3.22. The maximum absolute atomic E-state index is 12.7. The number of rotatable bonds is 6. The van der Waals surface area contributed by atoms with Crippen LogP contribution < -0.4 is 5.32 Å². The summed E-state index contributed by atoms with van der Waals surface area (Å²) < 4.78 is 1.88. The molecule has 1 aromatic heterocycles. The molecular weight excluding hydrogens is 376 g/mol. The third kappa shape index (κ3) is 4.58. The summed E-state index contributed by atoms with van der Waals surface area (Å²) in [6.07, 6.45) is 7.53. The number of likely N-dealkylation sites (tertiary alicyclic amines) is 1. The number of benzene rings is 1. The topological polar surface area (TPSA) is 67.2 Å². The average molecular weight is 409 g/mol. The maximum atomic E-state index is 12.7. The lowest BCUT2D eigenvalue weighted by Crippen LogP contribution is -2.45. The van der Waals surface area contributed by atoms with Crippen LogP contribution >= 0.6 is 0 Å². The molecule has 1 N–H and O–H groups in total. The third-order valence-electron chi connectivity index (χ3n) is 6.99. The van der Waals surface area contributed by atoms with Gasteiger partial charge in [-0.3, -0.25) is 14.3 Å². The second-order valence-corrected chi connectivity index (χ2v) is 9.02. The number of carbonyl (C=O) groups excluding carboxylic acids is 2. The Labute approximate surface area is 178 Å². The molecule has 1 aliphatic heterocycles. The molecule has 1 saturated heterocycles. The minimum Gasteiger partial charge on any atom is -0.352 e. The van der Waals surface area contributed by atoms with Crippen molar-refractivity contribution in [3.05, 3.63) is 53.9 Å². The van der Waals surface area contributed by atoms with Crippen molar-refractivity contribution in [1.82, 2.24) is 20.0 Å². The van der Waals surface area contributed by atoms with E-state index < -0.39 is 0 Å². The van der Waals surface area contributed by atoms with E-state index in [0.29, 0.717) is 37.4 Å². The highest BCUT2D eigenvalue weighted by Gasteiger charge is 2.41. The zero-order valence-electron chi connectivity index (χ0n) is 18.0. The molecule has 4 rings (SSSR count). The highest BCUT2D eigenvalue weighted by atomic mass is 16.2. The van der Waals surface area contributed by atoms with Crippen molar-refractivity contribution in [2.75, 3.05) is 6.54 Å². The fourth-order valence-electron chi connectivity index (χ4n) is 4.90. The van der Waals surface area contributed by atoms with Gasteiger partial charge in [0, 0.05) is 37.9 Å². The maximum Gasteiger partial charge on any atom is 0.225 e. The van der Waals surface area contributed by atoms with Crippen molar-refractivity contribution in [3.8, 4) is 0 Å². The molecule has 160 valence electrons. The number of hydrogen-bond acceptors (Lipinski definition) is 3. The zero-order chi connectivity index (χ0) is 21.1. The summed E-state index contributed by atoms with van der Waals surface area (Å²) in [4.78, 5) is 27.3. The first kappa shape index (κ1) is 20.6. The SMILES string of the molecule is C[C@@H]1[C@H](C)CCC[C@@H]1N1C[C@H](C(=O)NCc2ccc(Cn3cccn3)cc2)CC1=O. The number of carbonyl (C=O) groups is 2. The van der Waals surface area contributed by atoms with E-state index in [1.165, 1.54) is 18.4 Å². The molecule has 6 nitrogen and oxygen atoms in total. The summed E-state index contributed by atoms with van der Waals surface area (Å²) in [6, 6.07) is 10.4. The Hall–Kier alpha value is -2.63. The average Bonchev–Trinajstić information content (AvgIpc) is 3.39. The molecule has 30 heavy (non-hydrogen) atoms. The highest BCUT2D eigenvalue weighted by Crippen LogP contribution is 2.35. The first-order valence-electron chi connectivity index (χ1n) is 11.1. The molecular formula is C24H32N4O2. The minimum atomic E-state index is -0.235. The number of amides is 2. The van der Waals surface area contributed by atoms with E-state index in [1.54, 1.807) is 6.20 Å². The van der Waals surface area contributed by atoms with Gasteiger partial charge < -0.3 is 10.2 Å². The van der Waals surface area contributed by atoms with Gasteiger partial charge in [0.1, 0.15) is 0 Å². The molecule has 2 fully saturated rings. The molecule has 2 amide bonds. The van der Waals surface area contributed by atoms with Crippen molar-refractivity contribution >= 4 is 11.8 Å². The summed E-state index contributed by atoms with van der Waals surface area (Å²) >= 11 is 0. The van der Waals surface area contributed by atoms with Crippen LogP contribution in [0.4, 0.5) is 0 Å². The van der Waals surface area contributed by atoms with Crippen LogP contribution in [0.1, 0.15) is 50.7 Å². The summed E-state index contributed by atoms with van der Waals surface area (Å²) in [6.45, 7) is 6.32. The predicted molar refractivity (Wildman–Crippen MR) is 115 cm³/mol. The molecule has 6 heteroatoms. The van der Waals surface area contributed by atoms with E-state index in [9.17, 15) is 9.59 Å². The molecule has 4 atom stereocenters. The lowest BCUT2D eigenvalue weighted by Gasteiger charge is -2.40. The van der Waals surface area contributed by atoms with Crippen LogP contribution in [0.3, 0.4) is 0 Å². The first-order valence-corrected chi connectivity index (χ1v) is 11.1. The van der Waals surface area contributed by atoms with E-state index in [4.69, 9.17) is 0 Å². The van der Waals surface area contributed by atoms with Gasteiger partial charge in [-0.05, 0) is 35.4 Å². The number of hydrogen-bond donors (Lipinski definition) is 1. The van der Waals surface area contributed by atoms with Gasteiger partial charge in [-0.25, -0.2) is 0 Å². The van der Waals surface area contributed by atoms with Crippen LogP contribution in [-0.2, 0) is 22.7 Å². The molecule has 1 aliphatic carbocycles. The van der Waals surface area contributed by atoms with E-state index >= 15 is 0 Å². The van der Waals surface area contributed by atoms with E-state index in [0.717, 1.165) is 18.5 Å². The van der Waals surface area contributed by atoms with E-state index in [-0.39, 0.29) is 17.7 Å². The second kappa shape index (κ2) is 9.02. The number of nitrogens with zero attached hydrogens (tertiary/aromatic N) is 3.